The summed E-state index contributed by atoms with van der Waals surface area (Å²) in [6.07, 6.45) is 0.0475. The van der Waals surface area contributed by atoms with Crippen LogP contribution in [-0.4, -0.2) is 29.3 Å². The molecular weight excluding hydrogens is 470 g/mol. The number of carbonyl (C=O) groups excluding carboxylic acids is 3. The summed E-state index contributed by atoms with van der Waals surface area (Å²) in [5, 5.41) is 7.13. The lowest BCUT2D eigenvalue weighted by atomic mass is 10.1. The fourth-order valence-electron chi connectivity index (χ4n) is 3.04. The van der Waals surface area contributed by atoms with Crippen LogP contribution in [0.3, 0.4) is 0 Å². The third-order valence-corrected chi connectivity index (χ3v) is 6.44. The summed E-state index contributed by atoms with van der Waals surface area (Å²) in [6, 6.07) is 7.25. The van der Waals surface area contributed by atoms with E-state index in [2.05, 4.69) is 10.3 Å². The summed E-state index contributed by atoms with van der Waals surface area (Å²) in [5.74, 6) is -0.892. The molecule has 3 aromatic rings. The first kappa shape index (κ1) is 23.9. The zero-order chi connectivity index (χ0) is 23.3. The number of aryl methyl sites for hydroxylation is 2. The number of carbonyl (C=O) groups is 3. The second-order valence-electron chi connectivity index (χ2n) is 7.03. The van der Waals surface area contributed by atoms with Gasteiger partial charge >= 0.3 is 5.97 Å². The molecule has 2 aromatic heterocycles. The summed E-state index contributed by atoms with van der Waals surface area (Å²) in [5.41, 5.74) is 2.97. The van der Waals surface area contributed by atoms with Crippen LogP contribution >= 0.6 is 34.3 Å². The monoisotopic (exact) mass is 491 g/mol. The number of hydrogen-bond donors (Lipinski definition) is 1. The molecule has 168 valence electrons. The Morgan fingerprint density at radius 3 is 2.66 bits per heavy atom. The van der Waals surface area contributed by atoms with Crippen molar-refractivity contribution in [2.24, 2.45) is 0 Å². The molecule has 0 spiro atoms. The fourth-order valence-corrected chi connectivity index (χ4v) is 4.95. The number of rotatable bonds is 8. The molecule has 10 heteroatoms. The Morgan fingerprint density at radius 1 is 1.22 bits per heavy atom. The van der Waals surface area contributed by atoms with Gasteiger partial charge in [0.15, 0.2) is 5.13 Å². The lowest BCUT2D eigenvalue weighted by Crippen LogP contribution is -2.25. The number of aromatic nitrogens is 1. The largest absolute Gasteiger partial charge is 0.459 e. The second-order valence-corrected chi connectivity index (χ2v) is 9.22. The number of halogens is 1. The van der Waals surface area contributed by atoms with Gasteiger partial charge in [-0.2, -0.15) is 0 Å². The molecule has 0 atom stereocenters. The van der Waals surface area contributed by atoms with Crippen molar-refractivity contribution in [2.45, 2.75) is 33.8 Å². The second kappa shape index (κ2) is 10.7. The van der Waals surface area contributed by atoms with Crippen LogP contribution in [0.25, 0.3) is 0 Å². The molecule has 0 saturated carbocycles. The molecule has 2 heterocycles. The Kier molecular flexibility index (Phi) is 8.00. The molecule has 3 rings (SSSR count). The van der Waals surface area contributed by atoms with E-state index in [1.807, 2.05) is 25.3 Å². The first-order chi connectivity index (χ1) is 15.3. The maximum atomic E-state index is 12.4. The Hall–Kier alpha value is -2.75. The van der Waals surface area contributed by atoms with Gasteiger partial charge < -0.3 is 10.1 Å². The first-order valence-corrected chi connectivity index (χ1v) is 11.9. The predicted molar refractivity (Wildman–Crippen MR) is 127 cm³/mol. The highest BCUT2D eigenvalue weighted by atomic mass is 35.5. The average Bonchev–Trinajstić information content (AvgIpc) is 3.41. The maximum absolute atomic E-state index is 12.4. The number of nitrogens with one attached hydrogen (secondary N) is 1. The van der Waals surface area contributed by atoms with Crippen molar-refractivity contribution in [1.82, 2.24) is 10.3 Å². The number of hydrogen-bond acceptors (Lipinski definition) is 7. The van der Waals surface area contributed by atoms with Gasteiger partial charge in [0.25, 0.3) is 5.91 Å². The topological polar surface area (TPSA) is 88.6 Å². The molecule has 0 aliphatic heterocycles. The number of thiazole rings is 1. The van der Waals surface area contributed by atoms with Crippen LogP contribution in [0, 0.1) is 13.8 Å². The van der Waals surface area contributed by atoms with Crippen molar-refractivity contribution in [3.8, 4) is 0 Å². The summed E-state index contributed by atoms with van der Waals surface area (Å²) in [4.78, 5) is 42.8. The zero-order valence-corrected chi connectivity index (χ0v) is 20.2. The van der Waals surface area contributed by atoms with Gasteiger partial charge in [-0.15, -0.1) is 22.7 Å². The molecule has 0 aliphatic carbocycles. The Bertz CT molecular complexity index is 1110. The molecule has 7 nitrogen and oxygen atoms in total. The SMILES string of the molecule is CC(=O)N(c1nc(COC(=O)CCNC(=O)c2cccs2)cs1)c1c(C)cc(C)cc1Cl. The molecule has 0 radical (unpaired) electrons. The number of amides is 2. The van der Waals surface area contributed by atoms with Crippen LogP contribution in [-0.2, 0) is 20.9 Å². The highest BCUT2D eigenvalue weighted by Gasteiger charge is 2.23. The minimum absolute atomic E-state index is 0.0272. The molecule has 1 aromatic carbocycles. The minimum Gasteiger partial charge on any atom is -0.459 e. The van der Waals surface area contributed by atoms with Crippen molar-refractivity contribution < 1.29 is 19.1 Å². The quantitative estimate of drug-likeness (QED) is 0.447. The molecule has 0 bridgehead atoms. The van der Waals surface area contributed by atoms with E-state index in [1.165, 1.54) is 34.5 Å². The van der Waals surface area contributed by atoms with E-state index < -0.39 is 5.97 Å². The highest BCUT2D eigenvalue weighted by Crippen LogP contribution is 2.37. The van der Waals surface area contributed by atoms with Gasteiger partial charge in [-0.3, -0.25) is 19.3 Å². The Labute approximate surface area is 199 Å². The van der Waals surface area contributed by atoms with E-state index in [9.17, 15) is 14.4 Å². The summed E-state index contributed by atoms with van der Waals surface area (Å²) in [6.45, 7) is 5.42. The number of benzene rings is 1. The van der Waals surface area contributed by atoms with E-state index in [1.54, 1.807) is 23.6 Å². The molecular formula is C22H22ClN3O4S2. The summed E-state index contributed by atoms with van der Waals surface area (Å²) >= 11 is 9.02. The van der Waals surface area contributed by atoms with Crippen molar-refractivity contribution >= 4 is 62.9 Å². The normalized spacial score (nSPS) is 10.6. The van der Waals surface area contributed by atoms with Crippen molar-refractivity contribution in [3.05, 3.63) is 61.7 Å². The third-order valence-electron chi connectivity index (χ3n) is 4.41. The van der Waals surface area contributed by atoms with E-state index in [-0.39, 0.29) is 31.4 Å². The minimum atomic E-state index is -0.452. The number of nitrogens with zero attached hydrogens (tertiary/aromatic N) is 2. The predicted octanol–water partition coefficient (Wildman–Crippen LogP) is 5.02. The molecule has 2 amide bonds. The van der Waals surface area contributed by atoms with E-state index in [0.29, 0.717) is 26.4 Å². The third kappa shape index (κ3) is 5.93. The van der Waals surface area contributed by atoms with Crippen LogP contribution in [0.1, 0.15) is 39.8 Å². The number of ether oxygens (including phenoxy) is 1. The van der Waals surface area contributed by atoms with Gasteiger partial charge in [0.05, 0.1) is 27.7 Å². The Morgan fingerprint density at radius 2 is 2.00 bits per heavy atom. The van der Waals surface area contributed by atoms with Crippen LogP contribution < -0.4 is 10.2 Å². The number of thiophene rings is 1. The zero-order valence-electron chi connectivity index (χ0n) is 17.8. The van der Waals surface area contributed by atoms with Gasteiger partial charge in [0.1, 0.15) is 6.61 Å². The maximum Gasteiger partial charge on any atom is 0.307 e. The lowest BCUT2D eigenvalue weighted by Gasteiger charge is -2.22. The van der Waals surface area contributed by atoms with Gasteiger partial charge in [-0.25, -0.2) is 4.98 Å². The molecule has 32 heavy (non-hydrogen) atoms. The average molecular weight is 492 g/mol. The molecule has 0 fully saturated rings. The van der Waals surface area contributed by atoms with Crippen LogP contribution in [0.4, 0.5) is 10.8 Å². The highest BCUT2D eigenvalue weighted by molar-refractivity contribution is 7.14. The Balaban J connectivity index is 1.58. The molecule has 1 N–H and O–H groups in total. The fraction of sp³-hybridized carbons (Fsp3) is 0.273. The van der Waals surface area contributed by atoms with Gasteiger partial charge in [0, 0.05) is 18.8 Å². The first-order valence-electron chi connectivity index (χ1n) is 9.75. The summed E-state index contributed by atoms with van der Waals surface area (Å²) in [7, 11) is 0. The summed E-state index contributed by atoms with van der Waals surface area (Å²) < 4.78 is 5.25. The number of esters is 1. The van der Waals surface area contributed by atoms with Crippen molar-refractivity contribution in [1.29, 1.82) is 0 Å². The van der Waals surface area contributed by atoms with Gasteiger partial charge in [-0.05, 0) is 42.5 Å². The molecule has 0 saturated heterocycles. The van der Waals surface area contributed by atoms with Crippen molar-refractivity contribution in [3.63, 3.8) is 0 Å². The van der Waals surface area contributed by atoms with Gasteiger partial charge in [-0.1, -0.05) is 23.7 Å². The van der Waals surface area contributed by atoms with Crippen molar-refractivity contribution in [2.75, 3.05) is 11.4 Å². The lowest BCUT2D eigenvalue weighted by molar-refractivity contribution is -0.144. The molecule has 0 aliphatic rings. The molecule has 0 unspecified atom stereocenters. The van der Waals surface area contributed by atoms with E-state index in [0.717, 1.165) is 11.1 Å². The van der Waals surface area contributed by atoms with Crippen LogP contribution in [0.5, 0.6) is 0 Å². The van der Waals surface area contributed by atoms with Crippen LogP contribution in [0.2, 0.25) is 5.02 Å². The standard InChI is InChI=1S/C22H22ClN3O4S2/c1-13-9-14(2)20(17(23)10-13)26(15(3)27)22-25-16(12-32-22)11-30-19(28)6-7-24-21(29)18-5-4-8-31-18/h4-5,8-10,12H,6-7,11H2,1-3H3,(H,24,29). The van der Waals surface area contributed by atoms with Crippen LogP contribution in [0.15, 0.2) is 35.0 Å². The van der Waals surface area contributed by atoms with E-state index in [4.69, 9.17) is 16.3 Å². The number of anilines is 2. The van der Waals surface area contributed by atoms with Gasteiger partial charge in [0.2, 0.25) is 5.91 Å². The van der Waals surface area contributed by atoms with E-state index >= 15 is 0 Å². The smallest absolute Gasteiger partial charge is 0.307 e.